The van der Waals surface area contributed by atoms with Gasteiger partial charge in [-0.3, -0.25) is 14.6 Å². The van der Waals surface area contributed by atoms with E-state index < -0.39 is 5.82 Å². The molecule has 0 aromatic carbocycles. The minimum absolute atomic E-state index is 0.0403. The van der Waals surface area contributed by atoms with Crippen LogP contribution in [0.2, 0.25) is 0 Å². The molecule has 4 rings (SSSR count). The number of rotatable bonds is 4. The van der Waals surface area contributed by atoms with Crippen LogP contribution in [-0.4, -0.2) is 41.3 Å². The summed E-state index contributed by atoms with van der Waals surface area (Å²) in [6, 6.07) is 1.41. The fourth-order valence-electron chi connectivity index (χ4n) is 4.03. The summed E-state index contributed by atoms with van der Waals surface area (Å²) >= 11 is 0. The average Bonchev–Trinajstić information content (AvgIpc) is 3.28. The molecule has 1 aliphatic heterocycles. The zero-order chi connectivity index (χ0) is 16.7. The highest BCUT2D eigenvalue weighted by Crippen LogP contribution is 2.52. The number of hydrogen-bond acceptors (Lipinski definition) is 3. The molecule has 1 atom stereocenters. The molecular formula is C18H22FN3O2. The van der Waals surface area contributed by atoms with Crippen molar-refractivity contribution in [2.45, 2.75) is 32.1 Å². The van der Waals surface area contributed by atoms with E-state index >= 15 is 0 Å². The lowest BCUT2D eigenvalue weighted by molar-refractivity contribution is -0.129. The molecule has 0 radical (unpaired) electrons. The molecule has 2 aliphatic carbocycles. The van der Waals surface area contributed by atoms with Gasteiger partial charge >= 0.3 is 0 Å². The van der Waals surface area contributed by atoms with E-state index in [0.29, 0.717) is 19.0 Å². The number of carbonyl (C=O) groups is 2. The Kier molecular flexibility index (Phi) is 3.77. The Hall–Kier alpha value is -1.98. The first kappa shape index (κ1) is 15.5. The molecule has 3 fully saturated rings. The van der Waals surface area contributed by atoms with Crippen LogP contribution in [-0.2, 0) is 4.79 Å². The monoisotopic (exact) mass is 331 g/mol. The summed E-state index contributed by atoms with van der Waals surface area (Å²) in [4.78, 5) is 30.6. The first-order valence-corrected chi connectivity index (χ1v) is 8.75. The van der Waals surface area contributed by atoms with Crippen molar-refractivity contribution in [2.75, 3.05) is 19.6 Å². The molecule has 6 heteroatoms. The van der Waals surface area contributed by atoms with Crippen LogP contribution in [0.3, 0.4) is 0 Å². The average molecular weight is 331 g/mol. The zero-order valence-corrected chi connectivity index (χ0v) is 13.6. The van der Waals surface area contributed by atoms with E-state index in [1.807, 2.05) is 0 Å². The summed E-state index contributed by atoms with van der Waals surface area (Å²) in [5.41, 5.74) is -0.0641. The molecule has 2 heterocycles. The number of hydrogen-bond donors (Lipinski definition) is 1. The SMILES string of the molecule is O=C(NCC1CC1)C1CN(C(=O)c2ccncc2F)CC12CCC2. The van der Waals surface area contributed by atoms with Crippen LogP contribution in [0.4, 0.5) is 4.39 Å². The Balaban J connectivity index is 1.49. The third-order valence-corrected chi connectivity index (χ3v) is 5.87. The first-order valence-electron chi connectivity index (χ1n) is 8.75. The van der Waals surface area contributed by atoms with Gasteiger partial charge in [-0.2, -0.15) is 0 Å². The third-order valence-electron chi connectivity index (χ3n) is 5.87. The number of likely N-dealkylation sites (tertiary alicyclic amines) is 1. The van der Waals surface area contributed by atoms with Gasteiger partial charge in [-0.05, 0) is 37.7 Å². The van der Waals surface area contributed by atoms with Gasteiger partial charge in [-0.1, -0.05) is 6.42 Å². The summed E-state index contributed by atoms with van der Waals surface area (Å²) in [6.07, 6.45) is 7.91. The van der Waals surface area contributed by atoms with Gasteiger partial charge in [-0.25, -0.2) is 4.39 Å². The first-order chi connectivity index (χ1) is 11.6. The summed E-state index contributed by atoms with van der Waals surface area (Å²) < 4.78 is 13.9. The van der Waals surface area contributed by atoms with Crippen LogP contribution < -0.4 is 5.32 Å². The number of carbonyl (C=O) groups excluding carboxylic acids is 2. The van der Waals surface area contributed by atoms with E-state index in [9.17, 15) is 14.0 Å². The summed E-state index contributed by atoms with van der Waals surface area (Å²) in [5.74, 6) is -0.409. The fourth-order valence-corrected chi connectivity index (χ4v) is 4.03. The van der Waals surface area contributed by atoms with Gasteiger partial charge in [0, 0.05) is 31.2 Å². The second-order valence-corrected chi connectivity index (χ2v) is 7.50. The molecule has 1 spiro atoms. The third kappa shape index (κ3) is 2.68. The van der Waals surface area contributed by atoms with E-state index in [1.54, 1.807) is 4.90 Å². The Labute approximate surface area is 140 Å². The Morgan fingerprint density at radius 1 is 1.38 bits per heavy atom. The van der Waals surface area contributed by atoms with Crippen LogP contribution in [0.1, 0.15) is 42.5 Å². The number of pyridine rings is 1. The highest BCUT2D eigenvalue weighted by atomic mass is 19.1. The number of nitrogens with one attached hydrogen (secondary N) is 1. The summed E-state index contributed by atoms with van der Waals surface area (Å²) in [7, 11) is 0. The number of nitrogens with zero attached hydrogens (tertiary/aromatic N) is 2. The lowest BCUT2D eigenvalue weighted by Crippen LogP contribution is -2.45. The quantitative estimate of drug-likeness (QED) is 0.918. The minimum Gasteiger partial charge on any atom is -0.356 e. The van der Waals surface area contributed by atoms with Gasteiger partial charge in [-0.15, -0.1) is 0 Å². The van der Waals surface area contributed by atoms with Crippen molar-refractivity contribution in [2.24, 2.45) is 17.3 Å². The number of halogens is 1. The van der Waals surface area contributed by atoms with Gasteiger partial charge in [0.05, 0.1) is 17.7 Å². The van der Waals surface area contributed by atoms with E-state index in [1.165, 1.54) is 25.1 Å². The summed E-state index contributed by atoms with van der Waals surface area (Å²) in [5, 5.41) is 3.06. The molecule has 1 saturated heterocycles. The number of amides is 2. The molecule has 1 aromatic rings. The topological polar surface area (TPSA) is 62.3 Å². The van der Waals surface area contributed by atoms with Gasteiger partial charge in [0.15, 0.2) is 5.82 Å². The largest absolute Gasteiger partial charge is 0.356 e. The minimum atomic E-state index is -0.605. The fraction of sp³-hybridized carbons (Fsp3) is 0.611. The van der Waals surface area contributed by atoms with Crippen LogP contribution in [0.15, 0.2) is 18.5 Å². The molecule has 1 N–H and O–H groups in total. The van der Waals surface area contributed by atoms with Crippen molar-refractivity contribution in [1.29, 1.82) is 0 Å². The predicted molar refractivity (Wildman–Crippen MR) is 85.6 cm³/mol. The van der Waals surface area contributed by atoms with Crippen molar-refractivity contribution in [3.05, 3.63) is 29.8 Å². The standard InChI is InChI=1S/C18H22FN3O2/c19-15-9-20-7-4-13(15)17(24)22-10-14(18(11-22)5-1-6-18)16(23)21-8-12-2-3-12/h4,7,9,12,14H,1-3,5-6,8,10-11H2,(H,21,23). The molecule has 5 nitrogen and oxygen atoms in total. The van der Waals surface area contributed by atoms with Crippen molar-refractivity contribution in [1.82, 2.24) is 15.2 Å². The second kappa shape index (κ2) is 5.83. The van der Waals surface area contributed by atoms with Crippen molar-refractivity contribution < 1.29 is 14.0 Å². The summed E-state index contributed by atoms with van der Waals surface area (Å²) in [6.45, 7) is 1.69. The Morgan fingerprint density at radius 3 is 2.79 bits per heavy atom. The lowest BCUT2D eigenvalue weighted by atomic mass is 9.62. The molecule has 24 heavy (non-hydrogen) atoms. The molecule has 128 valence electrons. The van der Waals surface area contributed by atoms with E-state index in [0.717, 1.165) is 32.0 Å². The second-order valence-electron chi connectivity index (χ2n) is 7.50. The predicted octanol–water partition coefficient (Wildman–Crippen LogP) is 1.99. The van der Waals surface area contributed by atoms with Crippen LogP contribution in [0, 0.1) is 23.1 Å². The Morgan fingerprint density at radius 2 is 2.17 bits per heavy atom. The van der Waals surface area contributed by atoms with Gasteiger partial charge in [0.25, 0.3) is 5.91 Å². The van der Waals surface area contributed by atoms with Crippen LogP contribution >= 0.6 is 0 Å². The van der Waals surface area contributed by atoms with E-state index in [2.05, 4.69) is 10.3 Å². The molecule has 1 aromatic heterocycles. The molecule has 2 saturated carbocycles. The zero-order valence-electron chi connectivity index (χ0n) is 13.6. The normalized spacial score (nSPS) is 24.7. The maximum atomic E-state index is 13.9. The number of aromatic nitrogens is 1. The van der Waals surface area contributed by atoms with E-state index in [4.69, 9.17) is 0 Å². The smallest absolute Gasteiger partial charge is 0.256 e. The van der Waals surface area contributed by atoms with Gasteiger partial charge in [0.2, 0.25) is 5.91 Å². The highest BCUT2D eigenvalue weighted by Gasteiger charge is 2.54. The van der Waals surface area contributed by atoms with Crippen LogP contribution in [0.5, 0.6) is 0 Å². The van der Waals surface area contributed by atoms with Crippen molar-refractivity contribution >= 4 is 11.8 Å². The highest BCUT2D eigenvalue weighted by molar-refractivity contribution is 5.95. The molecule has 3 aliphatic rings. The Bertz CT molecular complexity index is 670. The van der Waals surface area contributed by atoms with Gasteiger partial charge in [0.1, 0.15) is 0 Å². The van der Waals surface area contributed by atoms with Gasteiger partial charge < -0.3 is 10.2 Å². The van der Waals surface area contributed by atoms with Crippen molar-refractivity contribution in [3.8, 4) is 0 Å². The van der Waals surface area contributed by atoms with E-state index in [-0.39, 0.29) is 28.7 Å². The molecule has 2 amide bonds. The molecule has 0 bridgehead atoms. The van der Waals surface area contributed by atoms with Crippen LogP contribution in [0.25, 0.3) is 0 Å². The maximum Gasteiger partial charge on any atom is 0.256 e. The molecular weight excluding hydrogens is 309 g/mol. The van der Waals surface area contributed by atoms with Crippen molar-refractivity contribution in [3.63, 3.8) is 0 Å². The molecule has 1 unspecified atom stereocenters. The maximum absolute atomic E-state index is 13.9. The lowest BCUT2D eigenvalue weighted by Gasteiger charge is -2.41.